The number of fused-ring (bicyclic) bond motifs is 1. The molecule has 0 unspecified atom stereocenters. The summed E-state index contributed by atoms with van der Waals surface area (Å²) in [6.45, 7) is 0. The van der Waals surface area contributed by atoms with Crippen LogP contribution in [0.5, 0.6) is 0 Å². The van der Waals surface area contributed by atoms with E-state index in [-0.39, 0.29) is 11.2 Å². The van der Waals surface area contributed by atoms with Crippen molar-refractivity contribution < 1.29 is 4.92 Å². The van der Waals surface area contributed by atoms with E-state index < -0.39 is 4.92 Å². The van der Waals surface area contributed by atoms with Crippen LogP contribution in [0.15, 0.2) is 77.6 Å². The van der Waals surface area contributed by atoms with Gasteiger partial charge in [-0.25, -0.2) is 4.98 Å². The van der Waals surface area contributed by atoms with E-state index in [2.05, 4.69) is 4.98 Å². The Kier molecular flexibility index (Phi) is 4.93. The average molecular weight is 404 g/mol. The second-order valence-electron chi connectivity index (χ2n) is 6.26. The normalized spacial score (nSPS) is 11.2. The van der Waals surface area contributed by atoms with Gasteiger partial charge in [0.05, 0.1) is 21.5 Å². The number of benzene rings is 3. The van der Waals surface area contributed by atoms with Crippen molar-refractivity contribution in [2.24, 2.45) is 0 Å². The molecule has 6 nitrogen and oxygen atoms in total. The number of nitro groups is 1. The summed E-state index contributed by atoms with van der Waals surface area (Å²) in [6, 6.07) is 20.2. The van der Waals surface area contributed by atoms with Crippen LogP contribution in [0.1, 0.15) is 11.4 Å². The molecule has 4 rings (SSSR count). The van der Waals surface area contributed by atoms with E-state index in [9.17, 15) is 14.9 Å². The zero-order chi connectivity index (χ0) is 20.4. The molecule has 0 aliphatic heterocycles. The molecule has 0 saturated carbocycles. The van der Waals surface area contributed by atoms with Crippen molar-refractivity contribution in [3.8, 4) is 5.69 Å². The Hall–Kier alpha value is -3.77. The van der Waals surface area contributed by atoms with Gasteiger partial charge >= 0.3 is 0 Å². The molecule has 142 valence electrons. The summed E-state index contributed by atoms with van der Waals surface area (Å²) in [6.07, 6.45) is 3.48. The smallest absolute Gasteiger partial charge is 0.268 e. The highest BCUT2D eigenvalue weighted by Gasteiger charge is 2.12. The van der Waals surface area contributed by atoms with Gasteiger partial charge in [0.15, 0.2) is 0 Å². The van der Waals surface area contributed by atoms with Crippen LogP contribution >= 0.6 is 11.6 Å². The molecule has 7 heteroatoms. The van der Waals surface area contributed by atoms with E-state index in [1.165, 1.54) is 28.8 Å². The summed E-state index contributed by atoms with van der Waals surface area (Å²) in [5.41, 5.74) is 1.52. The number of aromatic nitrogens is 2. The van der Waals surface area contributed by atoms with E-state index >= 15 is 0 Å². The third-order valence-corrected chi connectivity index (χ3v) is 4.78. The number of halogens is 1. The van der Waals surface area contributed by atoms with Crippen molar-refractivity contribution in [1.82, 2.24) is 9.55 Å². The van der Waals surface area contributed by atoms with Gasteiger partial charge in [0.2, 0.25) is 0 Å². The highest BCUT2D eigenvalue weighted by Crippen LogP contribution is 2.20. The lowest BCUT2D eigenvalue weighted by molar-refractivity contribution is -0.384. The summed E-state index contributed by atoms with van der Waals surface area (Å²) >= 11 is 6.22. The molecule has 0 saturated heterocycles. The Morgan fingerprint density at radius 3 is 2.34 bits per heavy atom. The maximum Gasteiger partial charge on any atom is 0.269 e. The van der Waals surface area contributed by atoms with Gasteiger partial charge < -0.3 is 0 Å². The number of nitro benzene ring substituents is 1. The number of non-ortho nitro benzene ring substituents is 1. The highest BCUT2D eigenvalue weighted by molar-refractivity contribution is 6.32. The van der Waals surface area contributed by atoms with Gasteiger partial charge in [0.1, 0.15) is 5.82 Å². The quantitative estimate of drug-likeness (QED) is 0.350. The predicted molar refractivity (Wildman–Crippen MR) is 114 cm³/mol. The monoisotopic (exact) mass is 403 g/mol. The molecule has 0 N–H and O–H groups in total. The molecule has 0 aliphatic carbocycles. The lowest BCUT2D eigenvalue weighted by Gasteiger charge is -2.11. The first-order valence-electron chi connectivity index (χ1n) is 8.74. The Morgan fingerprint density at radius 1 is 0.931 bits per heavy atom. The minimum absolute atomic E-state index is 0.0521. The summed E-state index contributed by atoms with van der Waals surface area (Å²) in [5.74, 6) is 0.391. The van der Waals surface area contributed by atoms with Gasteiger partial charge in [-0.2, -0.15) is 0 Å². The minimum atomic E-state index is -0.483. The van der Waals surface area contributed by atoms with Crippen LogP contribution in [0.3, 0.4) is 0 Å². The molecule has 0 spiro atoms. The SMILES string of the molecule is O=c1c2ccccc2nc(C=Cc2ccccc2Cl)n1-c1ccc([N+](=O)[O-])cc1. The van der Waals surface area contributed by atoms with Crippen LogP contribution in [0.2, 0.25) is 5.02 Å². The third-order valence-electron chi connectivity index (χ3n) is 4.44. The lowest BCUT2D eigenvalue weighted by Crippen LogP contribution is -2.22. The Bertz CT molecular complexity index is 1310. The van der Waals surface area contributed by atoms with Crippen molar-refractivity contribution in [3.05, 3.63) is 110 Å². The summed E-state index contributed by atoms with van der Waals surface area (Å²) in [4.78, 5) is 28.3. The number of rotatable bonds is 4. The summed E-state index contributed by atoms with van der Waals surface area (Å²) in [5, 5.41) is 12.0. The standard InChI is InChI=1S/C22H14ClN3O3/c23-19-7-3-1-5-15(19)9-14-21-24-20-8-4-2-6-18(20)22(27)25(21)16-10-12-17(13-11-16)26(28)29/h1-14H. The maximum absolute atomic E-state index is 13.2. The van der Waals surface area contributed by atoms with Gasteiger partial charge in [-0.05, 0) is 48.0 Å². The van der Waals surface area contributed by atoms with Crippen LogP contribution < -0.4 is 5.56 Å². The molecule has 3 aromatic carbocycles. The largest absolute Gasteiger partial charge is 0.269 e. The van der Waals surface area contributed by atoms with Crippen molar-refractivity contribution >= 4 is 40.3 Å². The van der Waals surface area contributed by atoms with Crippen LogP contribution in [-0.2, 0) is 0 Å². The fourth-order valence-electron chi connectivity index (χ4n) is 3.01. The van der Waals surface area contributed by atoms with Gasteiger partial charge in [0.25, 0.3) is 11.2 Å². The molecule has 0 bridgehead atoms. The number of para-hydroxylation sites is 1. The molecule has 1 aromatic heterocycles. The molecule has 0 atom stereocenters. The number of hydrogen-bond donors (Lipinski definition) is 0. The first kappa shape index (κ1) is 18.6. The molecule has 0 amide bonds. The Labute approximate surface area is 170 Å². The predicted octanol–water partition coefficient (Wildman–Crippen LogP) is 5.12. The number of nitrogens with zero attached hydrogens (tertiary/aromatic N) is 3. The molecule has 4 aromatic rings. The first-order chi connectivity index (χ1) is 14.0. The Morgan fingerprint density at radius 2 is 1.62 bits per heavy atom. The van der Waals surface area contributed by atoms with Crippen molar-refractivity contribution in [1.29, 1.82) is 0 Å². The van der Waals surface area contributed by atoms with Gasteiger partial charge in [0, 0.05) is 17.2 Å². The zero-order valence-corrected chi connectivity index (χ0v) is 15.8. The van der Waals surface area contributed by atoms with Gasteiger partial charge in [-0.15, -0.1) is 0 Å². The van der Waals surface area contributed by atoms with Crippen LogP contribution in [0.25, 0.3) is 28.7 Å². The average Bonchev–Trinajstić information content (AvgIpc) is 2.73. The second-order valence-corrected chi connectivity index (χ2v) is 6.66. The van der Waals surface area contributed by atoms with Crippen LogP contribution in [0, 0.1) is 10.1 Å². The molecule has 1 heterocycles. The molecular weight excluding hydrogens is 390 g/mol. The summed E-state index contributed by atoms with van der Waals surface area (Å²) < 4.78 is 1.43. The van der Waals surface area contributed by atoms with Crippen molar-refractivity contribution in [3.63, 3.8) is 0 Å². The maximum atomic E-state index is 13.2. The van der Waals surface area contributed by atoms with Crippen molar-refractivity contribution in [2.75, 3.05) is 0 Å². The van der Waals surface area contributed by atoms with E-state index in [1.54, 1.807) is 36.4 Å². The van der Waals surface area contributed by atoms with E-state index in [0.717, 1.165) is 5.56 Å². The zero-order valence-electron chi connectivity index (χ0n) is 15.0. The number of hydrogen-bond acceptors (Lipinski definition) is 4. The van der Waals surface area contributed by atoms with Gasteiger partial charge in [-0.1, -0.05) is 41.9 Å². The van der Waals surface area contributed by atoms with E-state index in [0.29, 0.717) is 27.4 Å². The lowest BCUT2D eigenvalue weighted by atomic mass is 10.2. The fourth-order valence-corrected chi connectivity index (χ4v) is 3.21. The van der Waals surface area contributed by atoms with Crippen LogP contribution in [0.4, 0.5) is 5.69 Å². The fraction of sp³-hybridized carbons (Fsp3) is 0. The van der Waals surface area contributed by atoms with E-state index in [4.69, 9.17) is 11.6 Å². The topological polar surface area (TPSA) is 78.0 Å². The second kappa shape index (κ2) is 7.69. The van der Waals surface area contributed by atoms with Crippen molar-refractivity contribution in [2.45, 2.75) is 0 Å². The Balaban J connectivity index is 1.92. The molecule has 0 fully saturated rings. The highest BCUT2D eigenvalue weighted by atomic mass is 35.5. The molecule has 0 radical (unpaired) electrons. The molecule has 0 aliphatic rings. The van der Waals surface area contributed by atoms with Gasteiger partial charge in [-0.3, -0.25) is 19.5 Å². The third kappa shape index (κ3) is 3.66. The first-order valence-corrected chi connectivity index (χ1v) is 9.11. The van der Waals surface area contributed by atoms with Crippen LogP contribution in [-0.4, -0.2) is 14.5 Å². The van der Waals surface area contributed by atoms with E-state index in [1.807, 2.05) is 24.3 Å². The molecular formula is C22H14ClN3O3. The minimum Gasteiger partial charge on any atom is -0.268 e. The molecule has 29 heavy (non-hydrogen) atoms. The summed E-state index contributed by atoms with van der Waals surface area (Å²) in [7, 11) is 0.